The predicted molar refractivity (Wildman–Crippen MR) is 66.1 cm³/mol. The molecule has 0 radical (unpaired) electrons. The van der Waals surface area contributed by atoms with Crippen molar-refractivity contribution >= 4 is 11.6 Å². The number of hydrogen-bond acceptors (Lipinski definition) is 3. The molecule has 0 aliphatic rings. The van der Waals surface area contributed by atoms with E-state index >= 15 is 0 Å². The van der Waals surface area contributed by atoms with Gasteiger partial charge in [-0.3, -0.25) is 4.90 Å². The average molecular weight is 244 g/mol. The first-order valence-electron chi connectivity index (χ1n) is 5.33. The summed E-state index contributed by atoms with van der Waals surface area (Å²) in [5.41, 5.74) is 0. The van der Waals surface area contributed by atoms with Gasteiger partial charge in [-0.15, -0.1) is 0 Å². The van der Waals surface area contributed by atoms with Crippen molar-refractivity contribution in [2.75, 3.05) is 26.8 Å². The van der Waals surface area contributed by atoms with Crippen molar-refractivity contribution in [1.82, 2.24) is 4.90 Å². The lowest BCUT2D eigenvalue weighted by Crippen LogP contribution is -2.35. The van der Waals surface area contributed by atoms with Crippen LogP contribution in [0.5, 0.6) is 5.75 Å². The summed E-state index contributed by atoms with van der Waals surface area (Å²) in [7, 11) is 1.96. The molecule has 1 rings (SSSR count). The molecule has 16 heavy (non-hydrogen) atoms. The summed E-state index contributed by atoms with van der Waals surface area (Å²) < 4.78 is 5.55. The van der Waals surface area contributed by atoms with Crippen LogP contribution in [0, 0.1) is 0 Å². The molecule has 1 aromatic carbocycles. The molecule has 3 nitrogen and oxygen atoms in total. The summed E-state index contributed by atoms with van der Waals surface area (Å²) in [6.07, 6.45) is 0. The van der Waals surface area contributed by atoms with Crippen LogP contribution in [0.4, 0.5) is 0 Å². The van der Waals surface area contributed by atoms with E-state index in [4.69, 9.17) is 21.4 Å². The van der Waals surface area contributed by atoms with Crippen molar-refractivity contribution in [1.29, 1.82) is 0 Å². The van der Waals surface area contributed by atoms with Gasteiger partial charge in [0.25, 0.3) is 0 Å². The molecule has 0 fully saturated rings. The minimum Gasteiger partial charge on any atom is -0.491 e. The number of likely N-dealkylation sites (N-methyl/N-ethyl adjacent to an activating group) is 1. The summed E-state index contributed by atoms with van der Waals surface area (Å²) in [5, 5.41) is 9.59. The second-order valence-corrected chi connectivity index (χ2v) is 4.20. The molecule has 0 spiro atoms. The summed E-state index contributed by atoms with van der Waals surface area (Å²) >= 11 is 5.95. The van der Waals surface area contributed by atoms with E-state index in [1.54, 1.807) is 6.07 Å². The van der Waals surface area contributed by atoms with Crippen LogP contribution < -0.4 is 4.74 Å². The second kappa shape index (κ2) is 6.74. The van der Waals surface area contributed by atoms with Crippen LogP contribution in [0.1, 0.15) is 6.92 Å². The summed E-state index contributed by atoms with van der Waals surface area (Å²) in [5.74, 6) is 0.703. The van der Waals surface area contributed by atoms with Gasteiger partial charge in [-0.2, -0.15) is 0 Å². The molecule has 0 saturated carbocycles. The summed E-state index contributed by atoms with van der Waals surface area (Å²) in [4.78, 5) is 2.04. The van der Waals surface area contributed by atoms with E-state index < -0.39 is 0 Å². The minimum atomic E-state index is 0.148. The van der Waals surface area contributed by atoms with Crippen LogP contribution in [0.25, 0.3) is 0 Å². The van der Waals surface area contributed by atoms with Gasteiger partial charge in [0.15, 0.2) is 0 Å². The highest BCUT2D eigenvalue weighted by Gasteiger charge is 2.07. The van der Waals surface area contributed by atoms with Crippen LogP contribution in [-0.2, 0) is 0 Å². The van der Waals surface area contributed by atoms with Crippen molar-refractivity contribution in [3.05, 3.63) is 29.3 Å². The lowest BCUT2D eigenvalue weighted by Gasteiger charge is -2.22. The molecule has 1 aromatic rings. The van der Waals surface area contributed by atoms with Gasteiger partial charge in [-0.1, -0.05) is 23.7 Å². The van der Waals surface area contributed by atoms with Crippen molar-refractivity contribution in [2.24, 2.45) is 0 Å². The zero-order valence-electron chi connectivity index (χ0n) is 9.69. The highest BCUT2D eigenvalue weighted by molar-refractivity contribution is 6.32. The van der Waals surface area contributed by atoms with Crippen LogP contribution in [0.15, 0.2) is 24.3 Å². The van der Waals surface area contributed by atoms with Gasteiger partial charge in [0.2, 0.25) is 0 Å². The number of rotatable bonds is 6. The molecule has 0 aromatic heterocycles. The Bertz CT molecular complexity index is 320. The molecule has 4 heteroatoms. The van der Waals surface area contributed by atoms with Crippen LogP contribution in [-0.4, -0.2) is 42.9 Å². The van der Waals surface area contributed by atoms with Gasteiger partial charge in [0.05, 0.1) is 11.6 Å². The summed E-state index contributed by atoms with van der Waals surface area (Å²) in [6, 6.07) is 7.56. The van der Waals surface area contributed by atoms with Gasteiger partial charge in [0, 0.05) is 12.6 Å². The van der Waals surface area contributed by atoms with E-state index in [9.17, 15) is 0 Å². The van der Waals surface area contributed by atoms with Crippen molar-refractivity contribution in [3.63, 3.8) is 0 Å². The first-order chi connectivity index (χ1) is 7.65. The monoisotopic (exact) mass is 243 g/mol. The molecule has 1 unspecified atom stereocenters. The Kier molecular flexibility index (Phi) is 5.60. The first-order valence-corrected chi connectivity index (χ1v) is 5.71. The zero-order valence-corrected chi connectivity index (χ0v) is 10.4. The Hall–Kier alpha value is -0.770. The Balaban J connectivity index is 2.33. The number of benzene rings is 1. The number of aliphatic hydroxyl groups excluding tert-OH is 1. The van der Waals surface area contributed by atoms with Gasteiger partial charge in [0.1, 0.15) is 12.4 Å². The third-order valence-corrected chi connectivity index (χ3v) is 2.87. The number of hydrogen-bond donors (Lipinski definition) is 1. The highest BCUT2D eigenvalue weighted by Crippen LogP contribution is 2.22. The van der Waals surface area contributed by atoms with Gasteiger partial charge >= 0.3 is 0 Å². The zero-order chi connectivity index (χ0) is 12.0. The Morgan fingerprint density at radius 1 is 1.44 bits per heavy atom. The lowest BCUT2D eigenvalue weighted by atomic mass is 10.3. The normalized spacial score (nSPS) is 12.8. The topological polar surface area (TPSA) is 32.7 Å². The maximum atomic E-state index is 8.96. The fourth-order valence-corrected chi connectivity index (χ4v) is 1.41. The van der Waals surface area contributed by atoms with E-state index in [0.29, 0.717) is 17.4 Å². The molecular weight excluding hydrogens is 226 g/mol. The SMILES string of the molecule is CC(CO)N(C)CCOc1ccccc1Cl. The maximum Gasteiger partial charge on any atom is 0.137 e. The third-order valence-electron chi connectivity index (χ3n) is 2.55. The number of para-hydroxylation sites is 1. The molecule has 0 saturated heterocycles. The largest absolute Gasteiger partial charge is 0.491 e. The van der Waals surface area contributed by atoms with Crippen molar-refractivity contribution in [2.45, 2.75) is 13.0 Å². The molecule has 0 heterocycles. The fraction of sp³-hybridized carbons (Fsp3) is 0.500. The number of ether oxygens (including phenoxy) is 1. The number of halogens is 1. The van der Waals surface area contributed by atoms with Crippen molar-refractivity contribution in [3.8, 4) is 5.75 Å². The molecule has 1 N–H and O–H groups in total. The fourth-order valence-electron chi connectivity index (χ4n) is 1.22. The molecule has 90 valence electrons. The van der Waals surface area contributed by atoms with E-state index in [0.717, 1.165) is 6.54 Å². The van der Waals surface area contributed by atoms with Crippen LogP contribution >= 0.6 is 11.6 Å². The Labute approximate surface area is 102 Å². The van der Waals surface area contributed by atoms with E-state index in [2.05, 4.69) is 0 Å². The summed E-state index contributed by atoms with van der Waals surface area (Å²) in [6.45, 7) is 3.44. The van der Waals surface area contributed by atoms with Gasteiger partial charge in [-0.25, -0.2) is 0 Å². The van der Waals surface area contributed by atoms with E-state index in [1.165, 1.54) is 0 Å². The van der Waals surface area contributed by atoms with Crippen LogP contribution in [0.3, 0.4) is 0 Å². The smallest absolute Gasteiger partial charge is 0.137 e. The van der Waals surface area contributed by atoms with Crippen LogP contribution in [0.2, 0.25) is 5.02 Å². The number of aliphatic hydroxyl groups is 1. The lowest BCUT2D eigenvalue weighted by molar-refractivity contribution is 0.140. The Morgan fingerprint density at radius 3 is 2.75 bits per heavy atom. The molecule has 0 amide bonds. The molecule has 0 bridgehead atoms. The van der Waals surface area contributed by atoms with Crippen molar-refractivity contribution < 1.29 is 9.84 Å². The third kappa shape index (κ3) is 4.00. The average Bonchev–Trinajstić information content (AvgIpc) is 2.30. The van der Waals surface area contributed by atoms with Gasteiger partial charge in [-0.05, 0) is 26.1 Å². The second-order valence-electron chi connectivity index (χ2n) is 3.79. The maximum absolute atomic E-state index is 8.96. The van der Waals surface area contributed by atoms with Gasteiger partial charge < -0.3 is 9.84 Å². The molecule has 0 aliphatic carbocycles. The number of nitrogens with zero attached hydrogens (tertiary/aromatic N) is 1. The molecular formula is C12H18ClNO2. The minimum absolute atomic E-state index is 0.148. The molecule has 0 aliphatic heterocycles. The van der Waals surface area contributed by atoms with E-state index in [-0.39, 0.29) is 12.6 Å². The predicted octanol–water partition coefficient (Wildman–Crippen LogP) is 2.03. The highest BCUT2D eigenvalue weighted by atomic mass is 35.5. The standard InChI is InChI=1S/C12H18ClNO2/c1-10(9-15)14(2)7-8-16-12-6-4-3-5-11(12)13/h3-6,10,15H,7-9H2,1-2H3. The Morgan fingerprint density at radius 2 is 2.12 bits per heavy atom. The first kappa shape index (κ1) is 13.3. The van der Waals surface area contributed by atoms with E-state index in [1.807, 2.05) is 37.1 Å². The molecule has 1 atom stereocenters. The quantitative estimate of drug-likeness (QED) is 0.830.